The van der Waals surface area contributed by atoms with Crippen molar-refractivity contribution in [2.75, 3.05) is 13.7 Å². The highest BCUT2D eigenvalue weighted by Gasteiger charge is 2.47. The summed E-state index contributed by atoms with van der Waals surface area (Å²) in [5.74, 6) is 0.307. The van der Waals surface area contributed by atoms with Crippen LogP contribution >= 0.6 is 0 Å². The number of aromatic nitrogens is 2. The number of hydrogen-bond acceptors (Lipinski definition) is 7. The highest BCUT2D eigenvalue weighted by Crippen LogP contribution is 2.25. The summed E-state index contributed by atoms with van der Waals surface area (Å²) in [6.07, 6.45) is 0.750. The Hall–Kier alpha value is -2.65. The molecule has 0 aliphatic carbocycles. The predicted molar refractivity (Wildman–Crippen MR) is 98.0 cm³/mol. The molecular formula is C20H23N2O6+. The fraction of sp³-hybridized carbons (Fsp3) is 0.350. The first-order chi connectivity index (χ1) is 13.4. The summed E-state index contributed by atoms with van der Waals surface area (Å²) >= 11 is 0. The molecular weight excluding hydrogens is 364 g/mol. The molecule has 1 saturated heterocycles. The van der Waals surface area contributed by atoms with Crippen LogP contribution in [0.5, 0.6) is 0 Å². The van der Waals surface area contributed by atoms with Crippen LogP contribution in [0.4, 0.5) is 0 Å². The zero-order valence-electron chi connectivity index (χ0n) is 15.4. The summed E-state index contributed by atoms with van der Waals surface area (Å²) in [7, 11) is 1.51. The van der Waals surface area contributed by atoms with Crippen LogP contribution in [0.25, 0.3) is 5.76 Å². The summed E-state index contributed by atoms with van der Waals surface area (Å²) in [6, 6.07) is 6.84. The zero-order chi connectivity index (χ0) is 20.3. The van der Waals surface area contributed by atoms with Crippen molar-refractivity contribution in [2.45, 2.75) is 31.0 Å². The van der Waals surface area contributed by atoms with Crippen LogP contribution in [0, 0.1) is 0 Å². The molecule has 1 aliphatic rings. The molecule has 2 aromatic heterocycles. The van der Waals surface area contributed by atoms with Crippen molar-refractivity contribution in [1.29, 1.82) is 0 Å². The highest BCUT2D eigenvalue weighted by atomic mass is 16.6. The number of carbonyl (C=O) groups excluding carboxylic acids is 1. The summed E-state index contributed by atoms with van der Waals surface area (Å²) < 4.78 is 12.0. The molecule has 3 rings (SSSR count). The van der Waals surface area contributed by atoms with E-state index in [9.17, 15) is 20.1 Å². The molecule has 0 spiro atoms. The smallest absolute Gasteiger partial charge is 0.292 e. The molecule has 0 radical (unpaired) electrons. The standard InChI is InChI=1S/C20H23N2O6/c1-12(27-2)15-6-5-13(9-21-15)8-16(24)14-4-3-7-22(10-14)20-19(26)18(25)17(11-23)28-20/h3-7,9-10,17-20,23,25-26H,1,8,11H2,2H3/q+1/t17-,18-,19-,20-/m1/s1. The van der Waals surface area contributed by atoms with Gasteiger partial charge in [0.25, 0.3) is 6.23 Å². The topological polar surface area (TPSA) is 113 Å². The van der Waals surface area contributed by atoms with Gasteiger partial charge in [-0.2, -0.15) is 4.57 Å². The molecule has 0 unspecified atom stereocenters. The molecule has 4 atom stereocenters. The van der Waals surface area contributed by atoms with Gasteiger partial charge in [-0.1, -0.05) is 12.6 Å². The lowest BCUT2D eigenvalue weighted by atomic mass is 10.1. The maximum absolute atomic E-state index is 12.6. The molecule has 148 valence electrons. The van der Waals surface area contributed by atoms with Crippen molar-refractivity contribution in [3.63, 3.8) is 0 Å². The number of rotatable bonds is 7. The third kappa shape index (κ3) is 4.10. The third-order valence-corrected chi connectivity index (χ3v) is 4.68. The van der Waals surface area contributed by atoms with E-state index in [-0.39, 0.29) is 12.2 Å². The third-order valence-electron chi connectivity index (χ3n) is 4.68. The van der Waals surface area contributed by atoms with Gasteiger partial charge in [-0.05, 0) is 17.7 Å². The van der Waals surface area contributed by atoms with Gasteiger partial charge >= 0.3 is 0 Å². The van der Waals surface area contributed by atoms with E-state index in [4.69, 9.17) is 9.47 Å². The monoisotopic (exact) mass is 387 g/mol. The first-order valence-electron chi connectivity index (χ1n) is 8.79. The molecule has 0 aromatic carbocycles. The first-order valence-corrected chi connectivity index (χ1v) is 8.79. The Morgan fingerprint density at radius 2 is 2.11 bits per heavy atom. The highest BCUT2D eigenvalue weighted by molar-refractivity contribution is 5.96. The normalized spacial score (nSPS) is 24.1. The van der Waals surface area contributed by atoms with E-state index in [0.717, 1.165) is 5.56 Å². The molecule has 3 N–H and O–H groups in total. The molecule has 28 heavy (non-hydrogen) atoms. The Morgan fingerprint density at radius 3 is 2.71 bits per heavy atom. The van der Waals surface area contributed by atoms with Crippen LogP contribution < -0.4 is 4.57 Å². The number of pyridine rings is 2. The first kappa shape index (κ1) is 20.1. The molecule has 0 saturated carbocycles. The second-order valence-electron chi connectivity index (χ2n) is 6.55. The van der Waals surface area contributed by atoms with Gasteiger partial charge < -0.3 is 24.8 Å². The van der Waals surface area contributed by atoms with Crippen molar-refractivity contribution < 1.29 is 34.2 Å². The van der Waals surface area contributed by atoms with Gasteiger partial charge in [0.2, 0.25) is 0 Å². The average molecular weight is 387 g/mol. The molecule has 1 fully saturated rings. The fourth-order valence-electron chi connectivity index (χ4n) is 3.03. The lowest BCUT2D eigenvalue weighted by Gasteiger charge is -2.10. The molecule has 0 amide bonds. The lowest BCUT2D eigenvalue weighted by Crippen LogP contribution is -2.46. The minimum Gasteiger partial charge on any atom is -0.495 e. The van der Waals surface area contributed by atoms with Crippen LogP contribution in [0.15, 0.2) is 49.4 Å². The second-order valence-corrected chi connectivity index (χ2v) is 6.55. The van der Waals surface area contributed by atoms with Crippen LogP contribution in [0.1, 0.15) is 27.8 Å². The van der Waals surface area contributed by atoms with E-state index in [0.29, 0.717) is 17.0 Å². The molecule has 0 bridgehead atoms. The van der Waals surface area contributed by atoms with Crippen molar-refractivity contribution in [2.24, 2.45) is 0 Å². The van der Waals surface area contributed by atoms with Crippen molar-refractivity contribution in [3.05, 3.63) is 66.3 Å². The van der Waals surface area contributed by atoms with E-state index in [1.165, 1.54) is 11.7 Å². The quantitative estimate of drug-likeness (QED) is 0.349. The number of ether oxygens (including phenoxy) is 2. The minimum atomic E-state index is -1.21. The molecule has 1 aliphatic heterocycles. The molecule has 2 aromatic rings. The minimum absolute atomic E-state index is 0.138. The number of methoxy groups -OCH3 is 1. The number of aliphatic hydroxyl groups is 3. The van der Waals surface area contributed by atoms with Crippen LogP contribution in [-0.2, 0) is 15.9 Å². The lowest BCUT2D eigenvalue weighted by molar-refractivity contribution is -0.765. The predicted octanol–water partition coefficient (Wildman–Crippen LogP) is 0.0231. The van der Waals surface area contributed by atoms with E-state index < -0.39 is 31.1 Å². The Kier molecular flexibility index (Phi) is 6.15. The van der Waals surface area contributed by atoms with E-state index in [1.807, 2.05) is 0 Å². The summed E-state index contributed by atoms with van der Waals surface area (Å²) in [6.45, 7) is 3.32. The molecule has 8 nitrogen and oxygen atoms in total. The maximum atomic E-state index is 12.6. The van der Waals surface area contributed by atoms with Crippen LogP contribution in [0.3, 0.4) is 0 Å². The summed E-state index contributed by atoms with van der Waals surface area (Å²) in [5, 5.41) is 29.3. The van der Waals surface area contributed by atoms with Gasteiger partial charge in [-0.25, -0.2) is 0 Å². The summed E-state index contributed by atoms with van der Waals surface area (Å²) in [4.78, 5) is 16.9. The Labute approximate surface area is 162 Å². The van der Waals surface area contributed by atoms with Crippen LogP contribution in [0.2, 0.25) is 0 Å². The number of Topliss-reactive ketones (excluding diaryl/α,β-unsaturated/α-hetero) is 1. The van der Waals surface area contributed by atoms with Gasteiger partial charge in [0.1, 0.15) is 23.7 Å². The maximum Gasteiger partial charge on any atom is 0.292 e. The largest absolute Gasteiger partial charge is 0.495 e. The Morgan fingerprint density at radius 1 is 1.32 bits per heavy atom. The van der Waals surface area contributed by atoms with Crippen molar-refractivity contribution in [3.8, 4) is 0 Å². The zero-order valence-corrected chi connectivity index (χ0v) is 15.4. The number of aliphatic hydroxyl groups excluding tert-OH is 3. The number of hydrogen-bond donors (Lipinski definition) is 3. The number of ketones is 1. The van der Waals surface area contributed by atoms with Crippen molar-refractivity contribution in [1.82, 2.24) is 4.98 Å². The Balaban J connectivity index is 1.73. The molecule has 3 heterocycles. The number of nitrogens with zero attached hydrogens (tertiary/aromatic N) is 2. The van der Waals surface area contributed by atoms with Crippen LogP contribution in [-0.4, -0.2) is 58.1 Å². The number of carbonyl (C=O) groups is 1. The van der Waals surface area contributed by atoms with Gasteiger partial charge in [0.05, 0.1) is 19.3 Å². The Bertz CT molecular complexity index is 854. The SMILES string of the molecule is C=C(OC)c1ccc(CC(=O)c2ccc[n+]([C@@H]3O[C@H](CO)[C@@H](O)[C@H]3O)c2)cn1. The summed E-state index contributed by atoms with van der Waals surface area (Å²) in [5.41, 5.74) is 1.76. The van der Waals surface area contributed by atoms with E-state index >= 15 is 0 Å². The van der Waals surface area contributed by atoms with Crippen molar-refractivity contribution >= 4 is 11.5 Å². The van der Waals surface area contributed by atoms with E-state index in [1.54, 1.807) is 42.9 Å². The van der Waals surface area contributed by atoms with Gasteiger partial charge in [-0.15, -0.1) is 0 Å². The van der Waals surface area contributed by atoms with Gasteiger partial charge in [0.15, 0.2) is 24.3 Å². The van der Waals surface area contributed by atoms with Gasteiger partial charge in [-0.3, -0.25) is 9.78 Å². The average Bonchev–Trinajstić information content (AvgIpc) is 3.02. The fourth-order valence-corrected chi connectivity index (χ4v) is 3.03. The molecule has 8 heteroatoms. The van der Waals surface area contributed by atoms with Gasteiger partial charge in [0, 0.05) is 18.7 Å². The second kappa shape index (κ2) is 8.57. The van der Waals surface area contributed by atoms with E-state index in [2.05, 4.69) is 11.6 Å².